The van der Waals surface area contributed by atoms with Crippen molar-refractivity contribution in [1.29, 1.82) is 0 Å². The average Bonchev–Trinajstić information content (AvgIpc) is 2.55. The Morgan fingerprint density at radius 3 is 2.21 bits per heavy atom. The number of nitrogens with one attached hydrogen (secondary N) is 1. The van der Waals surface area contributed by atoms with Crippen LogP contribution in [0.25, 0.3) is 0 Å². The molecular formula is C18H22N2O3S. The van der Waals surface area contributed by atoms with Crippen LogP contribution in [0.1, 0.15) is 43.9 Å². The lowest BCUT2D eigenvalue weighted by Crippen LogP contribution is -2.32. The van der Waals surface area contributed by atoms with Crippen LogP contribution in [0.2, 0.25) is 0 Å². The van der Waals surface area contributed by atoms with Crippen LogP contribution >= 0.6 is 0 Å². The molecule has 0 saturated carbocycles. The maximum absolute atomic E-state index is 12.2. The molecule has 24 heavy (non-hydrogen) atoms. The summed E-state index contributed by atoms with van der Waals surface area (Å²) in [6.07, 6.45) is 1.39. The van der Waals surface area contributed by atoms with Crippen LogP contribution in [0.15, 0.2) is 53.7 Å². The number of carbonyl (C=O) groups is 1. The van der Waals surface area contributed by atoms with Crippen LogP contribution in [-0.4, -0.2) is 25.1 Å². The molecule has 1 unspecified atom stereocenters. The third-order valence-electron chi connectivity index (χ3n) is 3.76. The van der Waals surface area contributed by atoms with E-state index in [1.807, 2.05) is 31.2 Å². The van der Waals surface area contributed by atoms with Gasteiger partial charge in [0.1, 0.15) is 5.75 Å². The monoisotopic (exact) mass is 346 g/mol. The highest BCUT2D eigenvalue weighted by Gasteiger charge is 2.21. The number of pyridine rings is 1. The molecule has 0 spiro atoms. The van der Waals surface area contributed by atoms with Crippen LogP contribution in [0.4, 0.5) is 0 Å². The second-order valence-corrected chi connectivity index (χ2v) is 7.97. The minimum absolute atomic E-state index is 0.0888. The van der Waals surface area contributed by atoms with Crippen molar-refractivity contribution < 1.29 is 13.2 Å². The summed E-state index contributed by atoms with van der Waals surface area (Å²) in [7, 11) is -3.73. The van der Waals surface area contributed by atoms with Crippen LogP contribution in [0.3, 0.4) is 0 Å². The lowest BCUT2D eigenvalue weighted by atomic mass is 10.00. The molecule has 0 saturated heterocycles. The fourth-order valence-corrected chi connectivity index (χ4v) is 3.40. The summed E-state index contributed by atoms with van der Waals surface area (Å²) in [5.41, 5.74) is 2.15. The SMILES string of the molecule is CC(C)c1ccc(C(C)NC(=O)CS(=O)(=O)c2ccccn2)cc1. The molecule has 1 atom stereocenters. The van der Waals surface area contributed by atoms with Gasteiger partial charge in [-0.05, 0) is 36.1 Å². The minimum atomic E-state index is -3.73. The highest BCUT2D eigenvalue weighted by Crippen LogP contribution is 2.18. The summed E-state index contributed by atoms with van der Waals surface area (Å²) in [4.78, 5) is 15.9. The lowest BCUT2D eigenvalue weighted by molar-refractivity contribution is -0.119. The zero-order valence-electron chi connectivity index (χ0n) is 14.1. The topological polar surface area (TPSA) is 76.1 Å². The van der Waals surface area contributed by atoms with Crippen LogP contribution in [-0.2, 0) is 14.6 Å². The van der Waals surface area contributed by atoms with E-state index in [0.29, 0.717) is 5.92 Å². The van der Waals surface area contributed by atoms with E-state index < -0.39 is 21.5 Å². The van der Waals surface area contributed by atoms with Gasteiger partial charge in [-0.1, -0.05) is 44.2 Å². The van der Waals surface area contributed by atoms with Gasteiger partial charge in [-0.3, -0.25) is 4.79 Å². The zero-order chi connectivity index (χ0) is 17.7. The lowest BCUT2D eigenvalue weighted by Gasteiger charge is -2.15. The number of carbonyl (C=O) groups excluding carboxylic acids is 1. The maximum Gasteiger partial charge on any atom is 0.236 e. The minimum Gasteiger partial charge on any atom is -0.349 e. The van der Waals surface area contributed by atoms with E-state index in [2.05, 4.69) is 24.1 Å². The molecule has 2 aromatic rings. The van der Waals surface area contributed by atoms with E-state index in [1.54, 1.807) is 12.1 Å². The number of hydrogen-bond acceptors (Lipinski definition) is 4. The standard InChI is InChI=1S/C18H22N2O3S/c1-13(2)15-7-9-16(10-8-15)14(3)20-17(21)12-24(22,23)18-6-4-5-11-19-18/h4-11,13-14H,12H2,1-3H3,(H,20,21). The van der Waals surface area contributed by atoms with Gasteiger partial charge in [0.2, 0.25) is 15.7 Å². The van der Waals surface area contributed by atoms with E-state index in [-0.39, 0.29) is 11.1 Å². The third-order valence-corrected chi connectivity index (χ3v) is 5.28. The normalized spacial score (nSPS) is 12.8. The summed E-state index contributed by atoms with van der Waals surface area (Å²) in [5.74, 6) is -0.716. The number of aromatic nitrogens is 1. The Balaban J connectivity index is 2.01. The van der Waals surface area contributed by atoms with Crippen molar-refractivity contribution in [3.05, 3.63) is 59.8 Å². The molecule has 5 nitrogen and oxygen atoms in total. The summed E-state index contributed by atoms with van der Waals surface area (Å²) in [5, 5.41) is 2.64. The predicted molar refractivity (Wildman–Crippen MR) is 93.4 cm³/mol. The van der Waals surface area contributed by atoms with Crippen molar-refractivity contribution >= 4 is 15.7 Å². The van der Waals surface area contributed by atoms with Gasteiger partial charge in [-0.15, -0.1) is 0 Å². The quantitative estimate of drug-likeness (QED) is 0.872. The molecule has 0 fully saturated rings. The molecule has 0 bridgehead atoms. The number of amides is 1. The van der Waals surface area contributed by atoms with Gasteiger partial charge in [-0.25, -0.2) is 13.4 Å². The van der Waals surface area contributed by atoms with E-state index in [4.69, 9.17) is 0 Å². The molecule has 1 amide bonds. The zero-order valence-corrected chi connectivity index (χ0v) is 14.9. The largest absolute Gasteiger partial charge is 0.349 e. The van der Waals surface area contributed by atoms with Crippen molar-refractivity contribution in [1.82, 2.24) is 10.3 Å². The Labute approximate surface area is 143 Å². The highest BCUT2D eigenvalue weighted by molar-refractivity contribution is 7.92. The van der Waals surface area contributed by atoms with E-state index in [1.165, 1.54) is 17.8 Å². The third kappa shape index (κ3) is 4.64. The van der Waals surface area contributed by atoms with E-state index in [9.17, 15) is 13.2 Å². The fraction of sp³-hybridized carbons (Fsp3) is 0.333. The molecule has 128 valence electrons. The maximum atomic E-state index is 12.2. The Bertz CT molecular complexity index is 785. The van der Waals surface area contributed by atoms with Crippen molar-refractivity contribution in [2.45, 2.75) is 37.8 Å². The predicted octanol–water partition coefficient (Wildman–Crippen LogP) is 2.86. The summed E-state index contributed by atoms with van der Waals surface area (Å²) in [6.45, 7) is 6.06. The molecule has 0 aliphatic heterocycles. The molecule has 2 rings (SSSR count). The van der Waals surface area contributed by atoms with Gasteiger partial charge in [0.15, 0.2) is 5.03 Å². The number of nitrogens with zero attached hydrogens (tertiary/aromatic N) is 1. The Morgan fingerprint density at radius 1 is 1.04 bits per heavy atom. The van der Waals surface area contributed by atoms with E-state index >= 15 is 0 Å². The highest BCUT2D eigenvalue weighted by atomic mass is 32.2. The molecule has 0 aliphatic carbocycles. The van der Waals surface area contributed by atoms with Crippen LogP contribution < -0.4 is 5.32 Å². The molecule has 0 radical (unpaired) electrons. The summed E-state index contributed by atoms with van der Waals surface area (Å²) in [6, 6.07) is 12.3. The van der Waals surface area contributed by atoms with Crippen molar-refractivity contribution in [3.63, 3.8) is 0 Å². The average molecular weight is 346 g/mol. The second-order valence-electron chi connectivity index (χ2n) is 6.04. The number of sulfone groups is 1. The number of rotatable bonds is 6. The van der Waals surface area contributed by atoms with Crippen molar-refractivity contribution in [2.75, 3.05) is 5.75 Å². The van der Waals surface area contributed by atoms with Crippen LogP contribution in [0.5, 0.6) is 0 Å². The molecule has 6 heteroatoms. The molecule has 0 aliphatic rings. The first-order valence-electron chi connectivity index (χ1n) is 7.82. The number of hydrogen-bond donors (Lipinski definition) is 1. The van der Waals surface area contributed by atoms with Gasteiger partial charge in [0, 0.05) is 6.20 Å². The van der Waals surface area contributed by atoms with Gasteiger partial charge in [0.05, 0.1) is 6.04 Å². The van der Waals surface area contributed by atoms with Gasteiger partial charge in [-0.2, -0.15) is 0 Å². The van der Waals surface area contributed by atoms with Gasteiger partial charge < -0.3 is 5.32 Å². The summed E-state index contributed by atoms with van der Waals surface area (Å²) < 4.78 is 24.3. The molecule has 1 heterocycles. The Morgan fingerprint density at radius 2 is 1.67 bits per heavy atom. The fourth-order valence-electron chi connectivity index (χ4n) is 2.31. The molecule has 1 N–H and O–H groups in total. The van der Waals surface area contributed by atoms with Crippen LogP contribution in [0, 0.1) is 0 Å². The van der Waals surface area contributed by atoms with E-state index in [0.717, 1.165) is 5.56 Å². The first kappa shape index (κ1) is 18.1. The first-order valence-corrected chi connectivity index (χ1v) is 9.48. The molecular weight excluding hydrogens is 324 g/mol. The Hall–Kier alpha value is -2.21. The van der Waals surface area contributed by atoms with Crippen molar-refractivity contribution in [3.8, 4) is 0 Å². The van der Waals surface area contributed by atoms with Crippen molar-refractivity contribution in [2.24, 2.45) is 0 Å². The van der Waals surface area contributed by atoms with Gasteiger partial charge in [0.25, 0.3) is 0 Å². The second kappa shape index (κ2) is 7.57. The summed E-state index contributed by atoms with van der Waals surface area (Å²) >= 11 is 0. The number of benzene rings is 1. The Kier molecular flexibility index (Phi) is 5.72. The smallest absolute Gasteiger partial charge is 0.236 e. The first-order chi connectivity index (χ1) is 11.3. The molecule has 1 aromatic carbocycles. The molecule has 1 aromatic heterocycles. The van der Waals surface area contributed by atoms with Gasteiger partial charge >= 0.3 is 0 Å².